The van der Waals surface area contributed by atoms with Crippen molar-refractivity contribution in [2.45, 2.75) is 6.54 Å². The molecule has 0 radical (unpaired) electrons. The molecule has 0 saturated carbocycles. The molecule has 0 aliphatic carbocycles. The lowest BCUT2D eigenvalue weighted by Gasteiger charge is -2.13. The third-order valence-electron chi connectivity index (χ3n) is 3.97. The van der Waals surface area contributed by atoms with Crippen molar-refractivity contribution in [1.82, 2.24) is 10.3 Å². The summed E-state index contributed by atoms with van der Waals surface area (Å²) in [6, 6.07) is 16.1. The second-order valence-corrected chi connectivity index (χ2v) is 6.69. The highest BCUT2D eigenvalue weighted by Crippen LogP contribution is 2.26. The third-order valence-corrected chi connectivity index (χ3v) is 4.50. The van der Waals surface area contributed by atoms with Crippen molar-refractivity contribution in [1.29, 1.82) is 0 Å². The number of pyridine rings is 1. The molecule has 0 unspecified atom stereocenters. The average molecular weight is 443 g/mol. The summed E-state index contributed by atoms with van der Waals surface area (Å²) in [7, 11) is 3.17. The van der Waals surface area contributed by atoms with Crippen LogP contribution < -0.4 is 19.5 Å². The van der Waals surface area contributed by atoms with E-state index >= 15 is 0 Å². The number of benzene rings is 2. The maximum Gasteiger partial charge on any atom is 0.257 e. The number of carbonyl (C=O) groups is 1. The first-order valence-corrected chi connectivity index (χ1v) is 9.27. The number of carbonyl (C=O) groups excluding carboxylic acids is 1. The number of rotatable bonds is 7. The van der Waals surface area contributed by atoms with Crippen LogP contribution in [0.3, 0.4) is 0 Å². The summed E-state index contributed by atoms with van der Waals surface area (Å²) in [4.78, 5) is 16.9. The minimum Gasteiger partial charge on any atom is -0.497 e. The zero-order chi connectivity index (χ0) is 19.9. The molecule has 7 heteroatoms. The van der Waals surface area contributed by atoms with Gasteiger partial charge in [-0.2, -0.15) is 0 Å². The Bertz CT molecular complexity index is 961. The molecule has 6 nitrogen and oxygen atoms in total. The number of methoxy groups -OCH3 is 2. The van der Waals surface area contributed by atoms with E-state index < -0.39 is 0 Å². The van der Waals surface area contributed by atoms with Crippen LogP contribution in [0.5, 0.6) is 23.1 Å². The van der Waals surface area contributed by atoms with Crippen molar-refractivity contribution in [2.24, 2.45) is 0 Å². The van der Waals surface area contributed by atoms with E-state index in [0.717, 1.165) is 10.0 Å². The lowest BCUT2D eigenvalue weighted by atomic mass is 10.1. The Kier molecular flexibility index (Phi) is 6.49. The molecule has 0 aliphatic heterocycles. The topological polar surface area (TPSA) is 69.7 Å². The largest absolute Gasteiger partial charge is 0.497 e. The number of nitrogens with zero attached hydrogens (tertiary/aromatic N) is 1. The van der Waals surface area contributed by atoms with Crippen LogP contribution in [0.25, 0.3) is 0 Å². The van der Waals surface area contributed by atoms with Crippen molar-refractivity contribution in [3.05, 3.63) is 76.4 Å². The number of halogens is 1. The first-order chi connectivity index (χ1) is 13.6. The fraction of sp³-hybridized carbons (Fsp3) is 0.143. The van der Waals surface area contributed by atoms with Crippen molar-refractivity contribution in [2.75, 3.05) is 14.2 Å². The Morgan fingerprint density at radius 2 is 1.79 bits per heavy atom. The fourth-order valence-corrected chi connectivity index (χ4v) is 2.81. The fourth-order valence-electron chi connectivity index (χ4n) is 2.55. The molecule has 0 saturated heterocycles. The van der Waals surface area contributed by atoms with Crippen molar-refractivity contribution >= 4 is 21.8 Å². The molecular weight excluding hydrogens is 424 g/mol. The van der Waals surface area contributed by atoms with Gasteiger partial charge in [-0.05, 0) is 54.6 Å². The summed E-state index contributed by atoms with van der Waals surface area (Å²) < 4.78 is 17.3. The van der Waals surface area contributed by atoms with Gasteiger partial charge >= 0.3 is 0 Å². The number of amides is 1. The van der Waals surface area contributed by atoms with E-state index in [4.69, 9.17) is 14.2 Å². The zero-order valence-electron chi connectivity index (χ0n) is 15.4. The molecule has 3 rings (SSSR count). The van der Waals surface area contributed by atoms with E-state index in [-0.39, 0.29) is 18.3 Å². The van der Waals surface area contributed by atoms with Crippen LogP contribution >= 0.6 is 15.9 Å². The average Bonchev–Trinajstić information content (AvgIpc) is 2.73. The van der Waals surface area contributed by atoms with Crippen LogP contribution in [-0.2, 0) is 6.54 Å². The van der Waals surface area contributed by atoms with Gasteiger partial charge in [0.15, 0.2) is 0 Å². The summed E-state index contributed by atoms with van der Waals surface area (Å²) in [5, 5.41) is 2.87. The van der Waals surface area contributed by atoms with Crippen LogP contribution in [0.4, 0.5) is 0 Å². The molecule has 0 spiro atoms. The molecule has 0 atom stereocenters. The minimum absolute atomic E-state index is 0.236. The summed E-state index contributed by atoms with van der Waals surface area (Å²) in [5.74, 6) is 1.87. The van der Waals surface area contributed by atoms with Gasteiger partial charge in [0.1, 0.15) is 22.8 Å². The molecule has 1 N–H and O–H groups in total. The molecule has 2 aromatic carbocycles. The van der Waals surface area contributed by atoms with Crippen molar-refractivity contribution < 1.29 is 19.0 Å². The maximum absolute atomic E-state index is 12.7. The molecule has 144 valence electrons. The van der Waals surface area contributed by atoms with Gasteiger partial charge in [-0.3, -0.25) is 4.79 Å². The monoisotopic (exact) mass is 442 g/mol. The third kappa shape index (κ3) is 4.80. The van der Waals surface area contributed by atoms with Gasteiger partial charge in [0.2, 0.25) is 5.88 Å². The molecule has 1 heterocycles. The van der Waals surface area contributed by atoms with E-state index in [2.05, 4.69) is 26.2 Å². The molecular formula is C21H19BrN2O4. The summed E-state index contributed by atoms with van der Waals surface area (Å²) >= 11 is 3.38. The number of ether oxygens (including phenoxy) is 3. The smallest absolute Gasteiger partial charge is 0.257 e. The number of hydrogen-bond donors (Lipinski definition) is 1. The lowest BCUT2D eigenvalue weighted by Crippen LogP contribution is -2.23. The first kappa shape index (κ1) is 19.7. The van der Waals surface area contributed by atoms with Gasteiger partial charge in [0, 0.05) is 22.8 Å². The van der Waals surface area contributed by atoms with Crippen LogP contribution in [0.15, 0.2) is 65.3 Å². The Morgan fingerprint density at radius 1 is 1.04 bits per heavy atom. The van der Waals surface area contributed by atoms with Crippen LogP contribution in [-0.4, -0.2) is 25.1 Å². The Morgan fingerprint density at radius 3 is 2.50 bits per heavy atom. The molecule has 3 aromatic rings. The van der Waals surface area contributed by atoms with Gasteiger partial charge in [0.25, 0.3) is 5.91 Å². The summed E-state index contributed by atoms with van der Waals surface area (Å²) in [6.45, 7) is 0.270. The summed E-state index contributed by atoms with van der Waals surface area (Å²) in [6.07, 6.45) is 1.58. The second-order valence-electron chi connectivity index (χ2n) is 5.77. The van der Waals surface area contributed by atoms with E-state index in [1.165, 1.54) is 0 Å². The van der Waals surface area contributed by atoms with Gasteiger partial charge in [-0.15, -0.1) is 0 Å². The van der Waals surface area contributed by atoms with Crippen LogP contribution in [0.1, 0.15) is 15.9 Å². The Hall–Kier alpha value is -3.06. The normalized spacial score (nSPS) is 10.2. The van der Waals surface area contributed by atoms with Gasteiger partial charge < -0.3 is 19.5 Å². The molecule has 0 aliphatic rings. The van der Waals surface area contributed by atoms with E-state index in [9.17, 15) is 4.79 Å². The van der Waals surface area contributed by atoms with Crippen molar-refractivity contribution in [3.63, 3.8) is 0 Å². The lowest BCUT2D eigenvalue weighted by molar-refractivity contribution is 0.0947. The van der Waals surface area contributed by atoms with E-state index in [1.807, 2.05) is 18.2 Å². The molecule has 1 aromatic heterocycles. The van der Waals surface area contributed by atoms with E-state index in [0.29, 0.717) is 22.8 Å². The molecule has 1 amide bonds. The highest BCUT2D eigenvalue weighted by Gasteiger charge is 2.15. The molecule has 28 heavy (non-hydrogen) atoms. The molecule has 0 bridgehead atoms. The minimum atomic E-state index is -0.301. The van der Waals surface area contributed by atoms with Crippen LogP contribution in [0, 0.1) is 0 Å². The predicted octanol–water partition coefficient (Wildman–Crippen LogP) is 4.58. The van der Waals surface area contributed by atoms with E-state index in [1.54, 1.807) is 56.8 Å². The highest BCUT2D eigenvalue weighted by molar-refractivity contribution is 9.10. The highest BCUT2D eigenvalue weighted by atomic mass is 79.9. The zero-order valence-corrected chi connectivity index (χ0v) is 17.0. The molecule has 0 fully saturated rings. The number of aromatic nitrogens is 1. The first-order valence-electron chi connectivity index (χ1n) is 8.48. The number of hydrogen-bond acceptors (Lipinski definition) is 5. The van der Waals surface area contributed by atoms with Crippen molar-refractivity contribution in [3.8, 4) is 23.1 Å². The van der Waals surface area contributed by atoms with Crippen LogP contribution in [0.2, 0.25) is 0 Å². The SMILES string of the molecule is COc1ccc(OC)c(CNC(=O)c2cccnc2Oc2ccc(Br)cc2)c1. The van der Waals surface area contributed by atoms with Gasteiger partial charge in [-0.1, -0.05) is 15.9 Å². The van der Waals surface area contributed by atoms with Gasteiger partial charge in [0.05, 0.1) is 14.2 Å². The van der Waals surface area contributed by atoms with Gasteiger partial charge in [-0.25, -0.2) is 4.98 Å². The summed E-state index contributed by atoms with van der Waals surface area (Å²) in [5.41, 5.74) is 1.14. The standard InChI is InChI=1S/C21H19BrN2O4/c1-26-17-9-10-19(27-2)14(12-17)13-24-20(25)18-4-3-11-23-21(18)28-16-7-5-15(22)6-8-16/h3-12H,13H2,1-2H3,(H,24,25). The number of nitrogens with one attached hydrogen (secondary N) is 1. The predicted molar refractivity (Wildman–Crippen MR) is 109 cm³/mol. The quantitative estimate of drug-likeness (QED) is 0.579. The maximum atomic E-state index is 12.7. The Labute approximate surface area is 171 Å². The Balaban J connectivity index is 1.75. The second kappa shape index (κ2) is 9.23.